The largest absolute Gasteiger partial charge is 0.394 e. The van der Waals surface area contributed by atoms with Crippen molar-refractivity contribution in [3.63, 3.8) is 0 Å². The predicted molar refractivity (Wildman–Crippen MR) is 390 cm³/mol. The van der Waals surface area contributed by atoms with Gasteiger partial charge in [-0.1, -0.05) is 103 Å². The van der Waals surface area contributed by atoms with Gasteiger partial charge in [-0.2, -0.15) is 0 Å². The Balaban J connectivity index is 3.09. The fraction of sp³-hybridized carbons (Fsp3) is 1.00. The molecule has 0 atom stereocenters. The SMILES string of the molecule is CCCCCCCCCCCCCCCCCCOCCOCCOCCOCCOCCOCCOCCOCCOCCOCCOCCOCCOCCOCCOCCOCCOCCOCCOCCOCCOCCOCCOCCOCCOCCOCCOCCOCCO. The van der Waals surface area contributed by atoms with Crippen molar-refractivity contribution in [1.82, 2.24) is 0 Å². The van der Waals surface area contributed by atoms with Crippen molar-refractivity contribution in [2.24, 2.45) is 0 Å². The van der Waals surface area contributed by atoms with Gasteiger partial charge in [0.05, 0.1) is 370 Å². The number of aliphatic hydroxyl groups is 1. The monoisotopic (exact) mass is 1500 g/mol. The number of hydrogen-bond donors (Lipinski definition) is 1. The van der Waals surface area contributed by atoms with Crippen LogP contribution in [0.1, 0.15) is 110 Å². The molecule has 103 heavy (non-hydrogen) atoms. The van der Waals surface area contributed by atoms with E-state index >= 15 is 0 Å². The first-order valence-corrected chi connectivity index (χ1v) is 39.2. The fourth-order valence-corrected chi connectivity index (χ4v) is 8.86. The van der Waals surface area contributed by atoms with Crippen LogP contribution in [0.2, 0.25) is 0 Å². The molecule has 1 N–H and O–H groups in total. The van der Waals surface area contributed by atoms with Gasteiger partial charge in [-0.15, -0.1) is 0 Å². The van der Waals surface area contributed by atoms with E-state index in [2.05, 4.69) is 6.92 Å². The zero-order valence-electron chi connectivity index (χ0n) is 64.5. The van der Waals surface area contributed by atoms with Gasteiger partial charge in [0.15, 0.2) is 0 Å². The van der Waals surface area contributed by atoms with Crippen molar-refractivity contribution in [3.05, 3.63) is 0 Å². The van der Waals surface area contributed by atoms with Crippen molar-refractivity contribution < 1.29 is 138 Å². The lowest BCUT2D eigenvalue weighted by Crippen LogP contribution is -2.16. The van der Waals surface area contributed by atoms with Gasteiger partial charge in [0, 0.05) is 6.61 Å². The van der Waals surface area contributed by atoms with Gasteiger partial charge in [-0.25, -0.2) is 0 Å². The van der Waals surface area contributed by atoms with E-state index in [4.69, 9.17) is 138 Å². The maximum absolute atomic E-state index is 8.62. The number of aliphatic hydroxyl groups excluding tert-OH is 1. The van der Waals surface area contributed by atoms with Crippen LogP contribution in [0.4, 0.5) is 0 Å². The van der Waals surface area contributed by atoms with Gasteiger partial charge in [0.25, 0.3) is 0 Å². The quantitative estimate of drug-likeness (QED) is 0.0620. The van der Waals surface area contributed by atoms with Crippen LogP contribution in [0.15, 0.2) is 0 Å². The molecule has 0 spiro atoms. The normalized spacial score (nSPS) is 11.8. The van der Waals surface area contributed by atoms with Crippen LogP contribution in [-0.4, -0.2) is 382 Å². The molecule has 0 aromatic heterocycles. The fourth-order valence-electron chi connectivity index (χ4n) is 8.86. The first-order valence-electron chi connectivity index (χ1n) is 39.2. The molecule has 29 heteroatoms. The summed E-state index contributed by atoms with van der Waals surface area (Å²) < 4.78 is 155. The Morgan fingerprint density at radius 3 is 0.301 bits per heavy atom. The third-order valence-corrected chi connectivity index (χ3v) is 14.4. The van der Waals surface area contributed by atoms with Crippen LogP contribution in [0.5, 0.6) is 0 Å². The number of ether oxygens (including phenoxy) is 28. The Hall–Kier alpha value is -1.16. The lowest BCUT2D eigenvalue weighted by molar-refractivity contribution is -0.0323. The highest BCUT2D eigenvalue weighted by Gasteiger charge is 2.03. The molecule has 0 amide bonds. The van der Waals surface area contributed by atoms with E-state index in [0.717, 1.165) is 13.0 Å². The Bertz CT molecular complexity index is 1330. The minimum atomic E-state index is 0.0172. The molecule has 0 bridgehead atoms. The first kappa shape index (κ1) is 102. The molecule has 0 unspecified atom stereocenters. The van der Waals surface area contributed by atoms with Crippen LogP contribution in [0, 0.1) is 0 Å². The Morgan fingerprint density at radius 2 is 0.194 bits per heavy atom. The summed E-state index contributed by atoms with van der Waals surface area (Å²) in [6.45, 7) is 30.3. The summed E-state index contributed by atoms with van der Waals surface area (Å²) in [6.07, 6.45) is 22.1. The topological polar surface area (TPSA) is 279 Å². The molecule has 0 aliphatic rings. The summed E-state index contributed by atoms with van der Waals surface area (Å²) in [7, 11) is 0. The molecule has 0 rings (SSSR count). The second-order valence-electron chi connectivity index (χ2n) is 23.2. The molecular formula is C74H150O29. The number of unbranched alkanes of at least 4 members (excludes halogenated alkanes) is 15. The Kier molecular flexibility index (Phi) is 99.7. The van der Waals surface area contributed by atoms with E-state index in [1.54, 1.807) is 0 Å². The highest BCUT2D eigenvalue weighted by atomic mass is 16.6. The molecule has 0 aliphatic carbocycles. The third-order valence-electron chi connectivity index (χ3n) is 14.4. The second-order valence-corrected chi connectivity index (χ2v) is 23.2. The van der Waals surface area contributed by atoms with Crippen LogP contribution >= 0.6 is 0 Å². The molecule has 0 heterocycles. The summed E-state index contributed by atoms with van der Waals surface area (Å²) in [5.74, 6) is 0. The lowest BCUT2D eigenvalue weighted by Gasteiger charge is -2.09. The van der Waals surface area contributed by atoms with E-state index in [9.17, 15) is 0 Å². The summed E-state index contributed by atoms with van der Waals surface area (Å²) in [5.41, 5.74) is 0. The zero-order valence-corrected chi connectivity index (χ0v) is 64.5. The van der Waals surface area contributed by atoms with E-state index in [1.807, 2.05) is 0 Å². The van der Waals surface area contributed by atoms with Crippen molar-refractivity contribution in [1.29, 1.82) is 0 Å². The summed E-state index contributed by atoms with van der Waals surface area (Å²) in [6, 6.07) is 0. The summed E-state index contributed by atoms with van der Waals surface area (Å²) in [4.78, 5) is 0. The Labute approximate surface area is 621 Å². The van der Waals surface area contributed by atoms with Crippen LogP contribution in [-0.2, 0) is 133 Å². The van der Waals surface area contributed by atoms with Crippen molar-refractivity contribution in [2.75, 3.05) is 377 Å². The molecule has 29 nitrogen and oxygen atoms in total. The van der Waals surface area contributed by atoms with Crippen LogP contribution in [0.3, 0.4) is 0 Å². The second kappa shape index (κ2) is 101. The molecule has 0 saturated carbocycles. The maximum Gasteiger partial charge on any atom is 0.0701 e. The van der Waals surface area contributed by atoms with E-state index < -0.39 is 0 Å². The molecule has 0 aromatic rings. The van der Waals surface area contributed by atoms with E-state index in [-0.39, 0.29) is 6.61 Å². The average Bonchev–Trinajstić information content (AvgIpc) is 3.71. The lowest BCUT2D eigenvalue weighted by atomic mass is 10.0. The molecule has 0 radical (unpaired) electrons. The van der Waals surface area contributed by atoms with Gasteiger partial charge in [-0.05, 0) is 6.42 Å². The van der Waals surface area contributed by atoms with Crippen molar-refractivity contribution >= 4 is 0 Å². The Morgan fingerprint density at radius 1 is 0.107 bits per heavy atom. The molecule has 620 valence electrons. The van der Waals surface area contributed by atoms with Crippen LogP contribution < -0.4 is 0 Å². The summed E-state index contributed by atoms with van der Waals surface area (Å²) in [5, 5.41) is 8.62. The smallest absolute Gasteiger partial charge is 0.0701 e. The molecule has 0 aliphatic heterocycles. The van der Waals surface area contributed by atoms with Crippen molar-refractivity contribution in [2.45, 2.75) is 110 Å². The highest BCUT2D eigenvalue weighted by Crippen LogP contribution is 2.14. The average molecular weight is 1500 g/mol. The summed E-state index contributed by atoms with van der Waals surface area (Å²) >= 11 is 0. The van der Waals surface area contributed by atoms with Gasteiger partial charge < -0.3 is 138 Å². The van der Waals surface area contributed by atoms with E-state index in [1.165, 1.54) is 96.3 Å². The number of rotatable bonds is 100. The predicted octanol–water partition coefficient (Wildman–Crippen LogP) is 6.71. The highest BCUT2D eigenvalue weighted by molar-refractivity contribution is 4.51. The van der Waals surface area contributed by atoms with E-state index in [0.29, 0.717) is 363 Å². The van der Waals surface area contributed by atoms with Gasteiger partial charge >= 0.3 is 0 Å². The number of hydrogen-bond acceptors (Lipinski definition) is 29. The standard InChI is InChI=1S/C74H150O29/c1-2-3-4-5-6-7-8-9-10-11-12-13-14-15-16-17-19-76-21-23-78-25-27-80-29-31-82-33-35-84-37-39-86-41-43-88-45-47-90-49-51-92-53-55-94-57-59-96-61-63-98-65-67-100-69-71-102-73-74-103-72-70-101-68-66-99-64-62-97-60-58-95-56-54-93-52-50-91-48-46-89-44-42-87-40-38-85-36-34-83-32-30-81-28-26-79-24-22-77-20-18-75/h75H,2-74H2,1H3. The van der Waals surface area contributed by atoms with Crippen LogP contribution in [0.25, 0.3) is 0 Å². The van der Waals surface area contributed by atoms with Gasteiger partial charge in [-0.3, -0.25) is 0 Å². The molecule has 0 saturated heterocycles. The zero-order chi connectivity index (χ0) is 73.4. The van der Waals surface area contributed by atoms with Crippen molar-refractivity contribution in [3.8, 4) is 0 Å². The minimum Gasteiger partial charge on any atom is -0.394 e. The third kappa shape index (κ3) is 101. The molecular weight excluding hydrogens is 1350 g/mol. The maximum atomic E-state index is 8.62. The minimum absolute atomic E-state index is 0.0172. The van der Waals surface area contributed by atoms with Gasteiger partial charge in [0.2, 0.25) is 0 Å². The molecule has 0 fully saturated rings. The first-order chi connectivity index (χ1) is 51.4. The molecule has 0 aromatic carbocycles. The van der Waals surface area contributed by atoms with Gasteiger partial charge in [0.1, 0.15) is 0 Å².